The highest BCUT2D eigenvalue weighted by Crippen LogP contribution is 2.19. The fourth-order valence-electron chi connectivity index (χ4n) is 2.31. The van der Waals surface area contributed by atoms with Crippen molar-refractivity contribution in [2.75, 3.05) is 19.6 Å². The summed E-state index contributed by atoms with van der Waals surface area (Å²) in [6, 6.07) is 2.65. The van der Waals surface area contributed by atoms with Crippen molar-refractivity contribution in [3.63, 3.8) is 0 Å². The van der Waals surface area contributed by atoms with Crippen molar-refractivity contribution in [3.05, 3.63) is 0 Å². The molecule has 1 fully saturated rings. The van der Waals surface area contributed by atoms with Crippen LogP contribution in [0.1, 0.15) is 46.5 Å². The summed E-state index contributed by atoms with van der Waals surface area (Å²) in [6.07, 6.45) is 3.43. The van der Waals surface area contributed by atoms with Gasteiger partial charge >= 0.3 is 6.09 Å². The standard InChI is InChI=1S/C14H25N3O2/c1-14(2,3)19-13(18)16-9-5-11-17-10-4-6-12(17)7-8-15/h12H,4-7,9-11H2,1-3H3,(H,16,18)/t12-/m0/s1. The van der Waals surface area contributed by atoms with E-state index in [2.05, 4.69) is 16.3 Å². The van der Waals surface area contributed by atoms with Gasteiger partial charge in [-0.05, 0) is 46.6 Å². The lowest BCUT2D eigenvalue weighted by atomic mass is 10.1. The highest BCUT2D eigenvalue weighted by Gasteiger charge is 2.23. The van der Waals surface area contributed by atoms with Crippen LogP contribution in [0, 0.1) is 11.3 Å². The first-order valence-electron chi connectivity index (χ1n) is 7.00. The van der Waals surface area contributed by atoms with Crippen LogP contribution in [0.3, 0.4) is 0 Å². The Hall–Kier alpha value is -1.28. The Morgan fingerprint density at radius 1 is 1.53 bits per heavy atom. The molecule has 1 aliphatic heterocycles. The second-order valence-corrected chi connectivity index (χ2v) is 5.98. The van der Waals surface area contributed by atoms with E-state index < -0.39 is 5.60 Å². The molecule has 0 bridgehead atoms. The number of ether oxygens (including phenoxy) is 1. The van der Waals surface area contributed by atoms with E-state index in [1.165, 1.54) is 6.42 Å². The van der Waals surface area contributed by atoms with E-state index in [-0.39, 0.29) is 6.09 Å². The summed E-state index contributed by atoms with van der Waals surface area (Å²) in [5.41, 5.74) is -0.447. The van der Waals surface area contributed by atoms with Gasteiger partial charge in [0.05, 0.1) is 12.5 Å². The lowest BCUT2D eigenvalue weighted by Crippen LogP contribution is -2.35. The molecule has 108 valence electrons. The van der Waals surface area contributed by atoms with Crippen LogP contribution in [0.4, 0.5) is 4.79 Å². The lowest BCUT2D eigenvalue weighted by molar-refractivity contribution is 0.0525. The van der Waals surface area contributed by atoms with Gasteiger partial charge in [0.25, 0.3) is 0 Å². The van der Waals surface area contributed by atoms with Gasteiger partial charge < -0.3 is 10.1 Å². The molecular weight excluding hydrogens is 242 g/mol. The Labute approximate surface area is 115 Å². The van der Waals surface area contributed by atoms with Crippen LogP contribution in [-0.2, 0) is 4.74 Å². The van der Waals surface area contributed by atoms with E-state index >= 15 is 0 Å². The Morgan fingerprint density at radius 3 is 2.89 bits per heavy atom. The number of likely N-dealkylation sites (tertiary alicyclic amines) is 1. The first-order valence-corrected chi connectivity index (χ1v) is 7.00. The first-order chi connectivity index (χ1) is 8.92. The molecule has 19 heavy (non-hydrogen) atoms. The fourth-order valence-corrected chi connectivity index (χ4v) is 2.31. The quantitative estimate of drug-likeness (QED) is 0.776. The third kappa shape index (κ3) is 6.44. The molecular formula is C14H25N3O2. The van der Waals surface area contributed by atoms with Crippen molar-refractivity contribution in [3.8, 4) is 6.07 Å². The molecule has 0 aromatic heterocycles. The van der Waals surface area contributed by atoms with E-state index in [1.807, 2.05) is 20.8 Å². The molecule has 1 N–H and O–H groups in total. The summed E-state index contributed by atoms with van der Waals surface area (Å²) in [7, 11) is 0. The molecule has 0 saturated carbocycles. The third-order valence-corrected chi connectivity index (χ3v) is 3.12. The Balaban J connectivity index is 2.14. The van der Waals surface area contributed by atoms with Crippen LogP contribution in [0.5, 0.6) is 0 Å². The normalized spacial score (nSPS) is 20.0. The predicted molar refractivity (Wildman–Crippen MR) is 73.7 cm³/mol. The molecule has 1 amide bonds. The zero-order chi connectivity index (χ0) is 14.3. The number of nitrogens with zero attached hydrogens (tertiary/aromatic N) is 2. The van der Waals surface area contributed by atoms with E-state index in [0.29, 0.717) is 19.0 Å². The molecule has 0 spiro atoms. The van der Waals surface area contributed by atoms with Crippen molar-refractivity contribution in [1.29, 1.82) is 5.26 Å². The molecule has 0 aliphatic carbocycles. The Morgan fingerprint density at radius 2 is 2.26 bits per heavy atom. The summed E-state index contributed by atoms with van der Waals surface area (Å²) in [5, 5.41) is 11.5. The number of amides is 1. The number of carbonyl (C=O) groups excluding carboxylic acids is 1. The van der Waals surface area contributed by atoms with Gasteiger partial charge in [-0.1, -0.05) is 0 Å². The Bertz CT molecular complexity index is 331. The minimum absolute atomic E-state index is 0.359. The van der Waals surface area contributed by atoms with Crippen molar-refractivity contribution < 1.29 is 9.53 Å². The minimum atomic E-state index is -0.447. The summed E-state index contributed by atoms with van der Waals surface area (Å²) < 4.78 is 5.16. The molecule has 1 heterocycles. The predicted octanol–water partition coefficient (Wildman–Crippen LogP) is 2.28. The number of rotatable bonds is 5. The summed E-state index contributed by atoms with van der Waals surface area (Å²) in [4.78, 5) is 13.8. The molecule has 1 rings (SSSR count). The van der Waals surface area contributed by atoms with Gasteiger partial charge in [-0.3, -0.25) is 4.90 Å². The number of carbonyl (C=O) groups is 1. The van der Waals surface area contributed by atoms with Gasteiger partial charge in [-0.25, -0.2) is 4.79 Å². The smallest absolute Gasteiger partial charge is 0.407 e. The highest BCUT2D eigenvalue weighted by atomic mass is 16.6. The largest absolute Gasteiger partial charge is 0.444 e. The number of hydrogen-bond donors (Lipinski definition) is 1. The van der Waals surface area contributed by atoms with Gasteiger partial charge in [0.15, 0.2) is 0 Å². The molecule has 0 radical (unpaired) electrons. The zero-order valence-electron chi connectivity index (χ0n) is 12.2. The number of nitriles is 1. The molecule has 0 aromatic carbocycles. The maximum absolute atomic E-state index is 11.4. The second-order valence-electron chi connectivity index (χ2n) is 5.98. The van der Waals surface area contributed by atoms with Crippen LogP contribution in [0.2, 0.25) is 0 Å². The number of alkyl carbamates (subject to hydrolysis) is 1. The molecule has 1 atom stereocenters. The van der Waals surface area contributed by atoms with Crippen LogP contribution >= 0.6 is 0 Å². The second kappa shape index (κ2) is 7.34. The van der Waals surface area contributed by atoms with Crippen LogP contribution in [-0.4, -0.2) is 42.3 Å². The van der Waals surface area contributed by atoms with Crippen molar-refractivity contribution in [2.45, 2.75) is 58.1 Å². The SMILES string of the molecule is CC(C)(C)OC(=O)NCCCN1CCC[C@H]1CC#N. The summed E-state index contributed by atoms with van der Waals surface area (Å²) >= 11 is 0. The van der Waals surface area contributed by atoms with E-state index in [4.69, 9.17) is 10.00 Å². The number of nitrogens with one attached hydrogen (secondary N) is 1. The van der Waals surface area contributed by atoms with Gasteiger partial charge in [0.1, 0.15) is 5.60 Å². The van der Waals surface area contributed by atoms with Gasteiger partial charge in [-0.15, -0.1) is 0 Å². The first kappa shape index (κ1) is 15.8. The highest BCUT2D eigenvalue weighted by molar-refractivity contribution is 5.67. The van der Waals surface area contributed by atoms with E-state index in [1.54, 1.807) is 0 Å². The van der Waals surface area contributed by atoms with Crippen LogP contribution < -0.4 is 5.32 Å². The van der Waals surface area contributed by atoms with E-state index in [9.17, 15) is 4.79 Å². The van der Waals surface area contributed by atoms with Crippen molar-refractivity contribution in [1.82, 2.24) is 10.2 Å². The van der Waals surface area contributed by atoms with Crippen LogP contribution in [0.25, 0.3) is 0 Å². The van der Waals surface area contributed by atoms with Crippen LogP contribution in [0.15, 0.2) is 0 Å². The molecule has 1 saturated heterocycles. The summed E-state index contributed by atoms with van der Waals surface area (Å²) in [5.74, 6) is 0. The maximum Gasteiger partial charge on any atom is 0.407 e. The number of hydrogen-bond acceptors (Lipinski definition) is 4. The topological polar surface area (TPSA) is 65.4 Å². The fraction of sp³-hybridized carbons (Fsp3) is 0.857. The Kier molecular flexibility index (Phi) is 6.10. The van der Waals surface area contributed by atoms with E-state index in [0.717, 1.165) is 25.9 Å². The monoisotopic (exact) mass is 267 g/mol. The summed E-state index contributed by atoms with van der Waals surface area (Å²) in [6.45, 7) is 8.17. The molecule has 5 nitrogen and oxygen atoms in total. The molecule has 0 aromatic rings. The molecule has 1 aliphatic rings. The molecule has 0 unspecified atom stereocenters. The average Bonchev–Trinajstić information content (AvgIpc) is 2.70. The maximum atomic E-state index is 11.4. The van der Waals surface area contributed by atoms with Crippen molar-refractivity contribution in [2.24, 2.45) is 0 Å². The van der Waals surface area contributed by atoms with Gasteiger partial charge in [0, 0.05) is 19.1 Å². The van der Waals surface area contributed by atoms with Gasteiger partial charge in [0.2, 0.25) is 0 Å². The molecule has 5 heteroatoms. The average molecular weight is 267 g/mol. The lowest BCUT2D eigenvalue weighted by Gasteiger charge is -2.23. The third-order valence-electron chi connectivity index (χ3n) is 3.12. The zero-order valence-corrected chi connectivity index (χ0v) is 12.2. The minimum Gasteiger partial charge on any atom is -0.444 e. The van der Waals surface area contributed by atoms with Gasteiger partial charge in [-0.2, -0.15) is 5.26 Å². The van der Waals surface area contributed by atoms with Crippen molar-refractivity contribution >= 4 is 6.09 Å².